The molecule has 0 fully saturated rings. The summed E-state index contributed by atoms with van der Waals surface area (Å²) in [6, 6.07) is 9.57. The molecule has 0 heterocycles. The van der Waals surface area contributed by atoms with Crippen molar-refractivity contribution in [2.24, 2.45) is 0 Å². The van der Waals surface area contributed by atoms with Gasteiger partial charge in [0.25, 0.3) is 0 Å². The van der Waals surface area contributed by atoms with Crippen LogP contribution in [0, 0.1) is 0 Å². The van der Waals surface area contributed by atoms with Crippen molar-refractivity contribution in [1.82, 2.24) is 0 Å². The summed E-state index contributed by atoms with van der Waals surface area (Å²) in [5, 5.41) is 43.5. The first-order valence-corrected chi connectivity index (χ1v) is 5.60. The van der Waals surface area contributed by atoms with Crippen molar-refractivity contribution in [3.8, 4) is 17.2 Å². The minimum atomic E-state index is -1.27. The summed E-state index contributed by atoms with van der Waals surface area (Å²) in [4.78, 5) is 20.6. The molecule has 0 saturated heterocycles. The molecule has 110 valence electrons. The highest BCUT2D eigenvalue weighted by Gasteiger charge is 2.11. The number of rotatable bonds is 2. The van der Waals surface area contributed by atoms with Gasteiger partial charge in [0.15, 0.2) is 11.5 Å². The number of carbonyl (C=O) groups is 2. The molecule has 7 nitrogen and oxygen atoms in total. The third-order valence-corrected chi connectivity index (χ3v) is 2.38. The molecule has 21 heavy (non-hydrogen) atoms. The minimum absolute atomic E-state index is 0.0671. The van der Waals surface area contributed by atoms with Crippen molar-refractivity contribution in [2.45, 2.75) is 0 Å². The molecule has 0 bridgehead atoms. The van der Waals surface area contributed by atoms with Crippen LogP contribution in [0.25, 0.3) is 0 Å². The number of benzene rings is 2. The van der Waals surface area contributed by atoms with Gasteiger partial charge in [-0.1, -0.05) is 18.2 Å². The highest BCUT2D eigenvalue weighted by Crippen LogP contribution is 2.27. The lowest BCUT2D eigenvalue weighted by Gasteiger charge is -1.99. The first-order valence-electron chi connectivity index (χ1n) is 5.60. The van der Waals surface area contributed by atoms with Crippen LogP contribution in [-0.2, 0) is 0 Å². The van der Waals surface area contributed by atoms with Crippen LogP contribution in [0.3, 0.4) is 0 Å². The Labute approximate surface area is 119 Å². The molecule has 5 N–H and O–H groups in total. The van der Waals surface area contributed by atoms with Gasteiger partial charge >= 0.3 is 11.9 Å². The summed E-state index contributed by atoms with van der Waals surface area (Å²) in [5.74, 6) is -3.60. The Morgan fingerprint density at radius 2 is 1.14 bits per heavy atom. The van der Waals surface area contributed by atoms with Gasteiger partial charge < -0.3 is 25.5 Å². The Kier molecular flexibility index (Phi) is 5.13. The zero-order valence-corrected chi connectivity index (χ0v) is 10.6. The number of phenolic OH excluding ortho intramolecular Hbond substituents is 1. The molecule has 0 aliphatic rings. The van der Waals surface area contributed by atoms with Gasteiger partial charge in [0.2, 0.25) is 0 Å². The van der Waals surface area contributed by atoms with Crippen LogP contribution < -0.4 is 0 Å². The Morgan fingerprint density at radius 3 is 1.57 bits per heavy atom. The van der Waals surface area contributed by atoms with E-state index >= 15 is 0 Å². The molecule has 0 aliphatic carbocycles. The fraction of sp³-hybridized carbons (Fsp3) is 0. The second kappa shape index (κ2) is 6.80. The molecule has 0 unspecified atom stereocenters. The maximum Gasteiger partial charge on any atom is 0.339 e. The fourth-order valence-corrected chi connectivity index (χ4v) is 1.36. The van der Waals surface area contributed by atoms with Gasteiger partial charge in [0, 0.05) is 0 Å². The van der Waals surface area contributed by atoms with Gasteiger partial charge in [-0.05, 0) is 24.3 Å². The van der Waals surface area contributed by atoms with Gasteiger partial charge in [0.05, 0.1) is 0 Å². The van der Waals surface area contributed by atoms with Gasteiger partial charge in [-0.15, -0.1) is 0 Å². The summed E-state index contributed by atoms with van der Waals surface area (Å²) in [6.07, 6.45) is 0. The lowest BCUT2D eigenvalue weighted by atomic mass is 10.2. The number of aromatic carboxylic acids is 2. The van der Waals surface area contributed by atoms with Crippen molar-refractivity contribution in [2.75, 3.05) is 0 Å². The molecule has 0 radical (unpaired) electrons. The molecule has 0 saturated carbocycles. The number of para-hydroxylation sites is 2. The van der Waals surface area contributed by atoms with E-state index in [2.05, 4.69) is 0 Å². The third-order valence-electron chi connectivity index (χ3n) is 2.38. The number of carboxylic acids is 2. The Balaban J connectivity index is 0.000000211. The number of hydrogen-bond acceptors (Lipinski definition) is 5. The van der Waals surface area contributed by atoms with Crippen LogP contribution in [0.1, 0.15) is 20.7 Å². The highest BCUT2D eigenvalue weighted by molar-refractivity contribution is 5.91. The second-order valence-electron chi connectivity index (χ2n) is 3.80. The average Bonchev–Trinajstić information content (AvgIpc) is 2.42. The molecule has 0 aromatic heterocycles. The normalized spacial score (nSPS) is 9.33. The first kappa shape index (κ1) is 15.8. The van der Waals surface area contributed by atoms with E-state index in [4.69, 9.17) is 25.5 Å². The predicted molar refractivity (Wildman–Crippen MR) is 71.8 cm³/mol. The van der Waals surface area contributed by atoms with Gasteiger partial charge in [-0.2, -0.15) is 0 Å². The SMILES string of the molecule is O=C(O)c1cccc(O)c1O.O=C(O)c1ccccc1O. The molecule has 7 heteroatoms. The maximum atomic E-state index is 10.3. The van der Waals surface area contributed by atoms with Crippen LogP contribution >= 0.6 is 0 Å². The number of phenols is 3. The van der Waals surface area contributed by atoms with Crippen LogP contribution in [0.15, 0.2) is 42.5 Å². The second-order valence-corrected chi connectivity index (χ2v) is 3.80. The van der Waals surface area contributed by atoms with Crippen molar-refractivity contribution >= 4 is 11.9 Å². The standard InChI is InChI=1S/C7H6O4.C7H6O3/c8-5-3-1-2-4(6(5)9)7(10)11;8-6-4-2-1-3-5(6)7(9)10/h1-3,8-9H,(H,10,11);1-4,8H,(H,9,10). The number of hydrogen-bond donors (Lipinski definition) is 5. The van der Waals surface area contributed by atoms with Crippen LogP contribution in [0.5, 0.6) is 17.2 Å². The van der Waals surface area contributed by atoms with E-state index in [9.17, 15) is 9.59 Å². The van der Waals surface area contributed by atoms with E-state index in [1.54, 1.807) is 12.1 Å². The van der Waals surface area contributed by atoms with Crippen molar-refractivity contribution in [3.63, 3.8) is 0 Å². The topological polar surface area (TPSA) is 135 Å². The van der Waals surface area contributed by atoms with Gasteiger partial charge in [-0.25, -0.2) is 9.59 Å². The summed E-state index contributed by atoms with van der Waals surface area (Å²) >= 11 is 0. The van der Waals surface area contributed by atoms with Crippen LogP contribution in [-0.4, -0.2) is 37.5 Å². The van der Waals surface area contributed by atoms with Crippen LogP contribution in [0.2, 0.25) is 0 Å². The van der Waals surface area contributed by atoms with E-state index in [0.717, 1.165) is 0 Å². The summed E-state index contributed by atoms with van der Waals surface area (Å²) in [5.41, 5.74) is -0.368. The predicted octanol–water partition coefficient (Wildman–Crippen LogP) is 1.89. The van der Waals surface area contributed by atoms with Crippen molar-refractivity contribution < 1.29 is 35.1 Å². The fourth-order valence-electron chi connectivity index (χ4n) is 1.36. The van der Waals surface area contributed by atoms with Crippen LogP contribution in [0.4, 0.5) is 0 Å². The summed E-state index contributed by atoms with van der Waals surface area (Å²) < 4.78 is 0. The Morgan fingerprint density at radius 1 is 0.667 bits per heavy atom. The summed E-state index contributed by atoms with van der Waals surface area (Å²) in [7, 11) is 0. The van der Waals surface area contributed by atoms with E-state index in [-0.39, 0.29) is 16.9 Å². The molecule has 0 aliphatic heterocycles. The lowest BCUT2D eigenvalue weighted by Crippen LogP contribution is -1.95. The summed E-state index contributed by atoms with van der Waals surface area (Å²) in [6.45, 7) is 0. The molecular weight excluding hydrogens is 280 g/mol. The largest absolute Gasteiger partial charge is 0.507 e. The molecule has 0 amide bonds. The van der Waals surface area contributed by atoms with E-state index in [0.29, 0.717) is 0 Å². The third kappa shape index (κ3) is 4.13. The minimum Gasteiger partial charge on any atom is -0.507 e. The highest BCUT2D eigenvalue weighted by atomic mass is 16.4. The van der Waals surface area contributed by atoms with E-state index in [1.807, 2.05) is 0 Å². The number of carboxylic acid groups (broad SMARTS) is 2. The average molecular weight is 292 g/mol. The lowest BCUT2D eigenvalue weighted by molar-refractivity contribution is 0.0682. The van der Waals surface area contributed by atoms with Crippen molar-refractivity contribution in [1.29, 1.82) is 0 Å². The zero-order chi connectivity index (χ0) is 16.0. The van der Waals surface area contributed by atoms with Gasteiger partial charge in [-0.3, -0.25) is 0 Å². The zero-order valence-electron chi connectivity index (χ0n) is 10.6. The van der Waals surface area contributed by atoms with Gasteiger partial charge in [0.1, 0.15) is 16.9 Å². The molecular formula is C14H12O7. The monoisotopic (exact) mass is 292 g/mol. The molecule has 2 aromatic carbocycles. The Bertz CT molecular complexity index is 664. The van der Waals surface area contributed by atoms with E-state index < -0.39 is 23.4 Å². The molecule has 0 atom stereocenters. The van der Waals surface area contributed by atoms with E-state index in [1.165, 1.54) is 30.3 Å². The smallest absolute Gasteiger partial charge is 0.339 e. The molecule has 2 aromatic rings. The maximum absolute atomic E-state index is 10.3. The molecule has 2 rings (SSSR count). The van der Waals surface area contributed by atoms with Crippen molar-refractivity contribution in [3.05, 3.63) is 53.6 Å². The Hall–Kier alpha value is -3.22. The number of aromatic hydroxyl groups is 3. The quantitative estimate of drug-likeness (QED) is 0.533. The first-order chi connectivity index (χ1) is 9.84. The molecule has 0 spiro atoms.